The zero-order valence-electron chi connectivity index (χ0n) is 22.2. The third-order valence-electron chi connectivity index (χ3n) is 6.80. The first-order valence-electron chi connectivity index (χ1n) is 13.1. The van der Waals surface area contributed by atoms with Crippen molar-refractivity contribution in [2.75, 3.05) is 46.5 Å². The van der Waals surface area contributed by atoms with Crippen LogP contribution in [0.15, 0.2) is 18.2 Å². The molecule has 0 radical (unpaired) electrons. The van der Waals surface area contributed by atoms with Crippen LogP contribution >= 0.6 is 0 Å². The third-order valence-corrected chi connectivity index (χ3v) is 6.80. The first-order chi connectivity index (χ1) is 17.1. The first-order valence-corrected chi connectivity index (χ1v) is 13.1. The van der Waals surface area contributed by atoms with Crippen LogP contribution < -0.4 is 15.4 Å². The van der Waals surface area contributed by atoms with Gasteiger partial charge < -0.3 is 25.0 Å². The Balaban J connectivity index is 0.000000493. The normalized spacial score (nSPS) is 17.6. The summed E-state index contributed by atoms with van der Waals surface area (Å²) in [6.45, 7) is 10.7. The predicted molar refractivity (Wildman–Crippen MR) is 137 cm³/mol. The second-order valence-corrected chi connectivity index (χ2v) is 9.67. The fraction of sp³-hybridized carbons (Fsp3) is 0.704. The Kier molecular flexibility index (Phi) is 12.6. The van der Waals surface area contributed by atoms with E-state index < -0.39 is 11.8 Å². The van der Waals surface area contributed by atoms with Gasteiger partial charge in [-0.2, -0.15) is 8.78 Å². The molecule has 2 amide bonds. The molecule has 1 aromatic rings. The van der Waals surface area contributed by atoms with Crippen LogP contribution in [-0.4, -0.2) is 75.2 Å². The number of hydrogen-bond donors (Lipinski definition) is 2. The summed E-state index contributed by atoms with van der Waals surface area (Å²) in [6, 6.07) is 6.02. The SMILES string of the molecule is CCN1CCC(CCCOc2ccc(C(=O)NC3CCOCC3)c(C)c2)CC1.CNC(=O)C(C)(F)F. The van der Waals surface area contributed by atoms with Crippen LogP contribution in [-0.2, 0) is 9.53 Å². The maximum atomic E-state index is 12.5. The molecule has 2 fully saturated rings. The average molecular weight is 512 g/mol. The van der Waals surface area contributed by atoms with Crippen LogP contribution in [0.3, 0.4) is 0 Å². The topological polar surface area (TPSA) is 79.9 Å². The Morgan fingerprint density at radius 3 is 2.36 bits per heavy atom. The van der Waals surface area contributed by atoms with Gasteiger partial charge >= 0.3 is 5.92 Å². The Morgan fingerprint density at radius 2 is 1.83 bits per heavy atom. The van der Waals surface area contributed by atoms with E-state index in [-0.39, 0.29) is 11.9 Å². The molecule has 2 aliphatic rings. The van der Waals surface area contributed by atoms with Gasteiger partial charge in [-0.05, 0) is 94.8 Å². The summed E-state index contributed by atoms with van der Waals surface area (Å²) in [5, 5.41) is 4.94. The lowest BCUT2D eigenvalue weighted by Crippen LogP contribution is -2.39. The summed E-state index contributed by atoms with van der Waals surface area (Å²) in [4.78, 5) is 25.0. The minimum Gasteiger partial charge on any atom is -0.494 e. The number of rotatable bonds is 9. The van der Waals surface area contributed by atoms with E-state index in [0.717, 1.165) is 61.9 Å². The van der Waals surface area contributed by atoms with Gasteiger partial charge in [-0.15, -0.1) is 0 Å². The molecule has 7 nitrogen and oxygen atoms in total. The largest absolute Gasteiger partial charge is 0.494 e. The van der Waals surface area contributed by atoms with Gasteiger partial charge in [0.05, 0.1) is 6.61 Å². The van der Waals surface area contributed by atoms with Crippen LogP contribution in [0.25, 0.3) is 0 Å². The number of nitrogens with zero attached hydrogens (tertiary/aromatic N) is 1. The molecule has 2 saturated heterocycles. The Hall–Kier alpha value is -2.26. The lowest BCUT2D eigenvalue weighted by molar-refractivity contribution is -0.142. The molecule has 0 unspecified atom stereocenters. The number of aryl methyl sites for hydroxylation is 1. The van der Waals surface area contributed by atoms with Crippen molar-refractivity contribution < 1.29 is 27.8 Å². The standard InChI is InChI=1S/C23H36N2O3.C4H7F2NO/c1-3-25-12-8-19(9-13-25)5-4-14-28-21-6-7-22(18(2)17-21)23(26)24-20-10-15-27-16-11-20;1-4(5,6)3(8)7-2/h6-7,17,19-20H,3-5,8-16H2,1-2H3,(H,24,26);1-2H3,(H,7,8). The van der Waals surface area contributed by atoms with Crippen molar-refractivity contribution in [2.24, 2.45) is 5.92 Å². The summed E-state index contributed by atoms with van der Waals surface area (Å²) < 4.78 is 34.7. The van der Waals surface area contributed by atoms with Gasteiger partial charge in [-0.25, -0.2) is 0 Å². The van der Waals surface area contributed by atoms with E-state index in [1.807, 2.05) is 30.4 Å². The number of likely N-dealkylation sites (tertiary alicyclic amines) is 1. The molecule has 3 rings (SSSR count). The Bertz CT molecular complexity index is 818. The van der Waals surface area contributed by atoms with E-state index in [1.165, 1.54) is 45.9 Å². The number of benzene rings is 1. The molecule has 0 bridgehead atoms. The summed E-state index contributed by atoms with van der Waals surface area (Å²) in [5.41, 5.74) is 1.70. The van der Waals surface area contributed by atoms with Crippen LogP contribution in [0, 0.1) is 12.8 Å². The monoisotopic (exact) mass is 511 g/mol. The van der Waals surface area contributed by atoms with Gasteiger partial charge in [0.15, 0.2) is 0 Å². The zero-order valence-corrected chi connectivity index (χ0v) is 22.2. The van der Waals surface area contributed by atoms with Gasteiger partial charge in [0.25, 0.3) is 11.8 Å². The number of halogens is 2. The van der Waals surface area contributed by atoms with Gasteiger partial charge in [0.2, 0.25) is 0 Å². The molecule has 0 saturated carbocycles. The second-order valence-electron chi connectivity index (χ2n) is 9.67. The number of amides is 2. The predicted octanol–water partition coefficient (Wildman–Crippen LogP) is 4.18. The molecule has 2 aliphatic heterocycles. The lowest BCUT2D eigenvalue weighted by Gasteiger charge is -2.30. The van der Waals surface area contributed by atoms with Gasteiger partial charge in [-0.3, -0.25) is 9.59 Å². The van der Waals surface area contributed by atoms with Crippen LogP contribution in [0.1, 0.15) is 68.3 Å². The van der Waals surface area contributed by atoms with Crippen molar-refractivity contribution in [1.82, 2.24) is 15.5 Å². The van der Waals surface area contributed by atoms with E-state index in [0.29, 0.717) is 6.92 Å². The fourth-order valence-corrected chi connectivity index (χ4v) is 4.46. The molecule has 204 valence electrons. The molecule has 9 heteroatoms. The molecule has 0 aromatic heterocycles. The van der Waals surface area contributed by atoms with Gasteiger partial charge in [0, 0.05) is 38.8 Å². The minimum absolute atomic E-state index is 0.00868. The highest BCUT2D eigenvalue weighted by Crippen LogP contribution is 2.23. The molecule has 2 heterocycles. The number of ether oxygens (including phenoxy) is 2. The molecular weight excluding hydrogens is 468 g/mol. The second kappa shape index (κ2) is 15.1. The van der Waals surface area contributed by atoms with Crippen molar-refractivity contribution in [3.63, 3.8) is 0 Å². The summed E-state index contributed by atoms with van der Waals surface area (Å²) >= 11 is 0. The molecular formula is C27H43F2N3O4. The molecule has 0 spiro atoms. The molecule has 36 heavy (non-hydrogen) atoms. The number of carbonyl (C=O) groups is 2. The summed E-state index contributed by atoms with van der Waals surface area (Å²) in [5.74, 6) is -2.77. The van der Waals surface area contributed by atoms with Gasteiger partial charge in [0.1, 0.15) is 5.75 Å². The van der Waals surface area contributed by atoms with Crippen molar-refractivity contribution in [3.8, 4) is 5.75 Å². The quantitative estimate of drug-likeness (QED) is 0.486. The maximum absolute atomic E-state index is 12.5. The highest BCUT2D eigenvalue weighted by atomic mass is 19.3. The minimum atomic E-state index is -3.24. The van der Waals surface area contributed by atoms with Crippen LogP contribution in [0.5, 0.6) is 5.75 Å². The van der Waals surface area contributed by atoms with Crippen LogP contribution in [0.4, 0.5) is 8.78 Å². The number of piperidine rings is 1. The van der Waals surface area contributed by atoms with Gasteiger partial charge in [-0.1, -0.05) is 6.92 Å². The average Bonchev–Trinajstić information content (AvgIpc) is 2.87. The Morgan fingerprint density at radius 1 is 1.17 bits per heavy atom. The lowest BCUT2D eigenvalue weighted by atomic mass is 9.92. The first kappa shape index (κ1) is 30.0. The van der Waals surface area contributed by atoms with E-state index in [2.05, 4.69) is 17.1 Å². The zero-order chi connectivity index (χ0) is 26.6. The third kappa shape index (κ3) is 10.4. The summed E-state index contributed by atoms with van der Waals surface area (Å²) in [7, 11) is 1.17. The number of nitrogens with one attached hydrogen (secondary N) is 2. The van der Waals surface area contributed by atoms with Crippen molar-refractivity contribution >= 4 is 11.8 Å². The van der Waals surface area contributed by atoms with E-state index in [1.54, 1.807) is 0 Å². The van der Waals surface area contributed by atoms with Crippen molar-refractivity contribution in [2.45, 2.75) is 71.3 Å². The Labute approximate surface area is 214 Å². The fourth-order valence-electron chi connectivity index (χ4n) is 4.46. The summed E-state index contributed by atoms with van der Waals surface area (Å²) in [6.07, 6.45) is 6.78. The molecule has 0 atom stereocenters. The van der Waals surface area contributed by atoms with Crippen LogP contribution in [0.2, 0.25) is 0 Å². The molecule has 0 aliphatic carbocycles. The molecule has 2 N–H and O–H groups in total. The van der Waals surface area contributed by atoms with Crippen molar-refractivity contribution in [3.05, 3.63) is 29.3 Å². The number of carbonyl (C=O) groups excluding carboxylic acids is 2. The number of hydrogen-bond acceptors (Lipinski definition) is 5. The van der Waals surface area contributed by atoms with E-state index in [4.69, 9.17) is 9.47 Å². The van der Waals surface area contributed by atoms with E-state index in [9.17, 15) is 18.4 Å². The highest BCUT2D eigenvalue weighted by molar-refractivity contribution is 5.96. The number of alkyl halides is 2. The highest BCUT2D eigenvalue weighted by Gasteiger charge is 2.30. The van der Waals surface area contributed by atoms with E-state index >= 15 is 0 Å². The smallest absolute Gasteiger partial charge is 0.321 e. The maximum Gasteiger partial charge on any atom is 0.321 e. The van der Waals surface area contributed by atoms with Crippen molar-refractivity contribution in [1.29, 1.82) is 0 Å². The molecule has 1 aromatic carbocycles.